The second-order valence-electron chi connectivity index (χ2n) is 2.97. The van der Waals surface area contributed by atoms with Crippen LogP contribution in [0.4, 0.5) is 0 Å². The molecule has 0 aliphatic heterocycles. The number of carboxylic acids is 1. The normalized spacial score (nSPS) is 16.3. The number of hydrogen-bond acceptors (Lipinski definition) is 1. The third-order valence-electron chi connectivity index (χ3n) is 2.10. The summed E-state index contributed by atoms with van der Waals surface area (Å²) in [5, 5.41) is 8.76. The second-order valence-corrected chi connectivity index (χ2v) is 2.97. The molecule has 60 valence electrons. The van der Waals surface area contributed by atoms with Crippen molar-refractivity contribution in [2.75, 3.05) is 0 Å². The summed E-state index contributed by atoms with van der Waals surface area (Å²) in [4.78, 5) is 10.6. The molecule has 0 amide bonds. The zero-order chi connectivity index (χ0) is 8.20. The molecule has 0 radical (unpaired) electrons. The van der Waals surface area contributed by atoms with Crippen LogP contribution in [0.25, 0.3) is 0 Å². The lowest BCUT2D eigenvalue weighted by atomic mass is 9.83. The highest BCUT2D eigenvalue weighted by Crippen LogP contribution is 2.26. The van der Waals surface area contributed by atoms with E-state index in [2.05, 4.69) is 0 Å². The molecule has 0 rings (SSSR count). The van der Waals surface area contributed by atoms with E-state index in [0.717, 1.165) is 19.3 Å². The van der Waals surface area contributed by atoms with Crippen molar-refractivity contribution >= 4 is 5.97 Å². The summed E-state index contributed by atoms with van der Waals surface area (Å²) in [6.07, 6.45) is 2.44. The number of rotatable bonds is 4. The first-order valence-electron chi connectivity index (χ1n) is 3.80. The number of carboxylic acid groups (broad SMARTS) is 1. The molecule has 2 heteroatoms. The number of carbonyl (C=O) groups is 1. The summed E-state index contributed by atoms with van der Waals surface area (Å²) in [5.41, 5.74) is -0.491. The highest BCUT2D eigenvalue weighted by molar-refractivity contribution is 5.73. The van der Waals surface area contributed by atoms with Crippen LogP contribution in [-0.2, 0) is 4.79 Å². The fourth-order valence-corrected chi connectivity index (χ4v) is 0.987. The van der Waals surface area contributed by atoms with Gasteiger partial charge in [-0.3, -0.25) is 4.79 Å². The Morgan fingerprint density at radius 3 is 2.10 bits per heavy atom. The van der Waals surface area contributed by atoms with Crippen LogP contribution in [0.2, 0.25) is 0 Å². The van der Waals surface area contributed by atoms with Crippen molar-refractivity contribution in [2.24, 2.45) is 5.41 Å². The van der Waals surface area contributed by atoms with E-state index in [4.69, 9.17) is 5.11 Å². The molecule has 0 aromatic carbocycles. The molecule has 0 aromatic rings. The molecule has 0 aliphatic rings. The van der Waals surface area contributed by atoms with Gasteiger partial charge in [0.15, 0.2) is 0 Å². The lowest BCUT2D eigenvalue weighted by Crippen LogP contribution is -2.26. The van der Waals surface area contributed by atoms with Crippen molar-refractivity contribution in [3.63, 3.8) is 0 Å². The van der Waals surface area contributed by atoms with E-state index in [1.165, 1.54) is 0 Å². The average molecular weight is 144 g/mol. The van der Waals surface area contributed by atoms with Gasteiger partial charge in [-0.15, -0.1) is 0 Å². The van der Waals surface area contributed by atoms with Crippen molar-refractivity contribution in [1.29, 1.82) is 0 Å². The molecule has 0 unspecified atom stereocenters. The Kier molecular flexibility index (Phi) is 3.40. The second kappa shape index (κ2) is 3.59. The smallest absolute Gasteiger partial charge is 0.309 e. The largest absolute Gasteiger partial charge is 0.481 e. The van der Waals surface area contributed by atoms with Crippen molar-refractivity contribution in [1.82, 2.24) is 0 Å². The topological polar surface area (TPSA) is 37.3 Å². The maximum atomic E-state index is 10.6. The Bertz CT molecular complexity index is 120. The molecule has 0 saturated heterocycles. The van der Waals surface area contributed by atoms with Crippen LogP contribution in [0.3, 0.4) is 0 Å². The minimum Gasteiger partial charge on any atom is -0.481 e. The maximum absolute atomic E-state index is 10.6. The molecule has 10 heavy (non-hydrogen) atoms. The fourth-order valence-electron chi connectivity index (χ4n) is 0.987. The van der Waals surface area contributed by atoms with Gasteiger partial charge >= 0.3 is 5.97 Å². The maximum Gasteiger partial charge on any atom is 0.309 e. The van der Waals surface area contributed by atoms with Gasteiger partial charge in [0.25, 0.3) is 0 Å². The SMILES string of the molecule is CCC[C@](C)(CC)C(=O)O. The van der Waals surface area contributed by atoms with Gasteiger partial charge in [0.1, 0.15) is 0 Å². The van der Waals surface area contributed by atoms with Gasteiger partial charge in [-0.05, 0) is 19.8 Å². The highest BCUT2D eigenvalue weighted by Gasteiger charge is 2.29. The first-order chi connectivity index (χ1) is 4.56. The van der Waals surface area contributed by atoms with Crippen LogP contribution < -0.4 is 0 Å². The van der Waals surface area contributed by atoms with E-state index in [0.29, 0.717) is 0 Å². The predicted molar refractivity (Wildman–Crippen MR) is 40.9 cm³/mol. The number of hydrogen-bond donors (Lipinski definition) is 1. The van der Waals surface area contributed by atoms with Crippen LogP contribution in [0, 0.1) is 5.41 Å². The van der Waals surface area contributed by atoms with E-state index in [1.54, 1.807) is 6.92 Å². The Morgan fingerprint density at radius 1 is 1.50 bits per heavy atom. The van der Waals surface area contributed by atoms with Crippen LogP contribution in [0.15, 0.2) is 0 Å². The Labute approximate surface area is 62.2 Å². The molecule has 1 N–H and O–H groups in total. The molecule has 0 aliphatic carbocycles. The summed E-state index contributed by atoms with van der Waals surface area (Å²) in [5.74, 6) is -0.670. The molecule has 0 aromatic heterocycles. The molecule has 2 nitrogen and oxygen atoms in total. The van der Waals surface area contributed by atoms with Crippen LogP contribution in [0.1, 0.15) is 40.0 Å². The first kappa shape index (κ1) is 9.47. The van der Waals surface area contributed by atoms with E-state index >= 15 is 0 Å². The Morgan fingerprint density at radius 2 is 2.00 bits per heavy atom. The van der Waals surface area contributed by atoms with E-state index < -0.39 is 11.4 Å². The van der Waals surface area contributed by atoms with Crippen molar-refractivity contribution in [3.05, 3.63) is 0 Å². The first-order valence-corrected chi connectivity index (χ1v) is 3.80. The molecule has 0 spiro atoms. The summed E-state index contributed by atoms with van der Waals surface area (Å²) in [7, 11) is 0. The molecular weight excluding hydrogens is 128 g/mol. The standard InChI is InChI=1S/C8H16O2/c1-4-6-8(3,5-2)7(9)10/h4-6H2,1-3H3,(H,9,10)/t8-/m0/s1. The van der Waals surface area contributed by atoms with Crippen LogP contribution in [0.5, 0.6) is 0 Å². The summed E-state index contributed by atoms with van der Waals surface area (Å²) >= 11 is 0. The Balaban J connectivity index is 4.08. The van der Waals surface area contributed by atoms with Gasteiger partial charge in [-0.2, -0.15) is 0 Å². The predicted octanol–water partition coefficient (Wildman–Crippen LogP) is 2.29. The molecule has 0 fully saturated rings. The van der Waals surface area contributed by atoms with Crippen LogP contribution in [-0.4, -0.2) is 11.1 Å². The zero-order valence-electron chi connectivity index (χ0n) is 6.98. The zero-order valence-corrected chi connectivity index (χ0v) is 6.98. The van der Waals surface area contributed by atoms with Crippen molar-refractivity contribution < 1.29 is 9.90 Å². The van der Waals surface area contributed by atoms with Crippen molar-refractivity contribution in [3.8, 4) is 0 Å². The molecule has 0 heterocycles. The van der Waals surface area contributed by atoms with E-state index in [9.17, 15) is 4.79 Å². The molecule has 1 atom stereocenters. The van der Waals surface area contributed by atoms with E-state index in [-0.39, 0.29) is 0 Å². The summed E-state index contributed by atoms with van der Waals surface area (Å²) in [6, 6.07) is 0. The minimum absolute atomic E-state index is 0.491. The summed E-state index contributed by atoms with van der Waals surface area (Å²) in [6.45, 7) is 5.74. The fraction of sp³-hybridized carbons (Fsp3) is 0.875. The lowest BCUT2D eigenvalue weighted by Gasteiger charge is -2.21. The third-order valence-corrected chi connectivity index (χ3v) is 2.10. The average Bonchev–Trinajstić information content (AvgIpc) is 1.88. The molecular formula is C8H16O2. The van der Waals surface area contributed by atoms with Gasteiger partial charge in [0.2, 0.25) is 0 Å². The molecule has 0 saturated carbocycles. The van der Waals surface area contributed by atoms with Gasteiger partial charge < -0.3 is 5.11 Å². The number of aliphatic carboxylic acids is 1. The van der Waals surface area contributed by atoms with Gasteiger partial charge in [-0.1, -0.05) is 20.3 Å². The summed E-state index contributed by atoms with van der Waals surface area (Å²) < 4.78 is 0. The van der Waals surface area contributed by atoms with Gasteiger partial charge in [0, 0.05) is 0 Å². The minimum atomic E-state index is -0.670. The van der Waals surface area contributed by atoms with Crippen LogP contribution >= 0.6 is 0 Å². The highest BCUT2D eigenvalue weighted by atomic mass is 16.4. The van der Waals surface area contributed by atoms with Gasteiger partial charge in [-0.25, -0.2) is 0 Å². The molecule has 0 bridgehead atoms. The lowest BCUT2D eigenvalue weighted by molar-refractivity contribution is -0.148. The quantitative estimate of drug-likeness (QED) is 0.657. The Hall–Kier alpha value is -0.530. The third kappa shape index (κ3) is 2.01. The van der Waals surface area contributed by atoms with Gasteiger partial charge in [0.05, 0.1) is 5.41 Å². The monoisotopic (exact) mass is 144 g/mol. The van der Waals surface area contributed by atoms with E-state index in [1.807, 2.05) is 13.8 Å². The van der Waals surface area contributed by atoms with Crippen molar-refractivity contribution in [2.45, 2.75) is 40.0 Å².